The van der Waals surface area contributed by atoms with E-state index in [9.17, 15) is 4.39 Å². The molecule has 3 rings (SSSR count). The monoisotopic (exact) mass is 303 g/mol. The number of aryl methyl sites for hydroxylation is 1. The second-order valence-corrected chi connectivity index (χ2v) is 5.71. The van der Waals surface area contributed by atoms with Crippen molar-refractivity contribution < 1.29 is 9.13 Å². The van der Waals surface area contributed by atoms with Crippen LogP contribution in [0, 0.1) is 5.82 Å². The predicted molar refractivity (Wildman–Crippen MR) is 83.0 cm³/mol. The molecule has 0 fully saturated rings. The fourth-order valence-electron chi connectivity index (χ4n) is 2.97. The van der Waals surface area contributed by atoms with Crippen molar-refractivity contribution in [2.45, 2.75) is 38.4 Å². The molecule has 1 aromatic heterocycles. The van der Waals surface area contributed by atoms with E-state index in [1.807, 2.05) is 16.8 Å². The Morgan fingerprint density at radius 2 is 2.27 bits per heavy atom. The highest BCUT2D eigenvalue weighted by Crippen LogP contribution is 2.28. The van der Waals surface area contributed by atoms with Gasteiger partial charge in [-0.2, -0.15) is 5.10 Å². The molecule has 1 aliphatic rings. The molecule has 4 nitrogen and oxygen atoms in total. The number of methoxy groups -OCH3 is 1. The van der Waals surface area contributed by atoms with Crippen LogP contribution in [0.25, 0.3) is 0 Å². The summed E-state index contributed by atoms with van der Waals surface area (Å²) in [7, 11) is 1.70. The van der Waals surface area contributed by atoms with Gasteiger partial charge in [0.15, 0.2) is 0 Å². The minimum Gasteiger partial charge on any atom is -0.383 e. The number of hydrogen-bond acceptors (Lipinski definition) is 3. The van der Waals surface area contributed by atoms with Crippen molar-refractivity contribution in [1.82, 2.24) is 15.1 Å². The van der Waals surface area contributed by atoms with Crippen LogP contribution in [0.4, 0.5) is 4.39 Å². The van der Waals surface area contributed by atoms with E-state index in [-0.39, 0.29) is 11.9 Å². The van der Waals surface area contributed by atoms with Crippen LogP contribution >= 0.6 is 0 Å². The highest BCUT2D eigenvalue weighted by Gasteiger charge is 2.23. The Labute approximate surface area is 130 Å². The topological polar surface area (TPSA) is 39.1 Å². The molecule has 1 atom stereocenters. The highest BCUT2D eigenvalue weighted by molar-refractivity contribution is 5.24. The average Bonchev–Trinajstić information content (AvgIpc) is 2.95. The standard InChI is InChI=1S/C17H22FN3O/c1-22-10-9-21-12-14-6-4-8-16(17(14)20-21)19-11-13-5-2-3-7-15(13)18/h2-3,5,7,12,16,19H,4,6,8-11H2,1H3. The van der Waals surface area contributed by atoms with Crippen LogP contribution in [0.3, 0.4) is 0 Å². The first-order chi connectivity index (χ1) is 10.8. The maximum atomic E-state index is 13.7. The van der Waals surface area contributed by atoms with Gasteiger partial charge in [-0.15, -0.1) is 0 Å². The zero-order valence-electron chi connectivity index (χ0n) is 12.9. The Morgan fingerprint density at radius 3 is 3.09 bits per heavy atom. The first-order valence-corrected chi connectivity index (χ1v) is 7.80. The molecule has 1 aromatic carbocycles. The summed E-state index contributed by atoms with van der Waals surface area (Å²) in [6.07, 6.45) is 5.37. The second-order valence-electron chi connectivity index (χ2n) is 5.71. The van der Waals surface area contributed by atoms with E-state index < -0.39 is 0 Å². The van der Waals surface area contributed by atoms with Gasteiger partial charge < -0.3 is 10.1 Å². The molecule has 0 saturated carbocycles. The van der Waals surface area contributed by atoms with Gasteiger partial charge in [0.2, 0.25) is 0 Å². The minimum atomic E-state index is -0.156. The lowest BCUT2D eigenvalue weighted by Gasteiger charge is -2.22. The summed E-state index contributed by atoms with van der Waals surface area (Å²) in [6.45, 7) is 1.96. The maximum Gasteiger partial charge on any atom is 0.127 e. The van der Waals surface area contributed by atoms with Crippen LogP contribution < -0.4 is 5.32 Å². The first kappa shape index (κ1) is 15.2. The van der Waals surface area contributed by atoms with Crippen molar-refractivity contribution in [3.8, 4) is 0 Å². The van der Waals surface area contributed by atoms with E-state index in [4.69, 9.17) is 4.74 Å². The van der Waals surface area contributed by atoms with E-state index in [0.717, 1.165) is 31.5 Å². The zero-order chi connectivity index (χ0) is 15.4. The minimum absolute atomic E-state index is 0.156. The van der Waals surface area contributed by atoms with Crippen molar-refractivity contribution in [2.24, 2.45) is 0 Å². The Morgan fingerprint density at radius 1 is 1.41 bits per heavy atom. The smallest absolute Gasteiger partial charge is 0.127 e. The summed E-state index contributed by atoms with van der Waals surface area (Å²) >= 11 is 0. The predicted octanol–water partition coefficient (Wildman–Crippen LogP) is 2.84. The largest absolute Gasteiger partial charge is 0.383 e. The zero-order valence-corrected chi connectivity index (χ0v) is 12.9. The summed E-state index contributed by atoms with van der Waals surface area (Å²) in [4.78, 5) is 0. The van der Waals surface area contributed by atoms with Gasteiger partial charge in [0.05, 0.1) is 24.9 Å². The highest BCUT2D eigenvalue weighted by atomic mass is 19.1. The van der Waals surface area contributed by atoms with Crippen LogP contribution in [0.5, 0.6) is 0 Å². The lowest BCUT2D eigenvalue weighted by Crippen LogP contribution is -2.25. The number of ether oxygens (including phenoxy) is 1. The molecule has 2 aromatic rings. The molecule has 1 N–H and O–H groups in total. The number of nitrogens with zero attached hydrogens (tertiary/aromatic N) is 2. The first-order valence-electron chi connectivity index (χ1n) is 7.80. The number of nitrogens with one attached hydrogen (secondary N) is 1. The molecule has 1 aliphatic carbocycles. The van der Waals surface area contributed by atoms with E-state index in [1.165, 1.54) is 11.6 Å². The number of halogens is 1. The van der Waals surface area contributed by atoms with Crippen LogP contribution in [0.15, 0.2) is 30.5 Å². The van der Waals surface area contributed by atoms with Crippen LogP contribution in [-0.4, -0.2) is 23.5 Å². The Kier molecular flexibility index (Phi) is 4.85. The molecule has 0 radical (unpaired) electrons. The molecule has 1 heterocycles. The molecule has 0 bridgehead atoms. The molecule has 0 amide bonds. The van der Waals surface area contributed by atoms with Gasteiger partial charge in [-0.1, -0.05) is 18.2 Å². The van der Waals surface area contributed by atoms with Crippen molar-refractivity contribution in [2.75, 3.05) is 13.7 Å². The molecular weight excluding hydrogens is 281 g/mol. The van der Waals surface area contributed by atoms with Gasteiger partial charge in [0.1, 0.15) is 5.82 Å². The Bertz CT molecular complexity index is 626. The third-order valence-corrected chi connectivity index (χ3v) is 4.16. The van der Waals surface area contributed by atoms with E-state index in [0.29, 0.717) is 18.7 Å². The van der Waals surface area contributed by atoms with Gasteiger partial charge in [-0.05, 0) is 30.9 Å². The van der Waals surface area contributed by atoms with Gasteiger partial charge in [-0.3, -0.25) is 4.68 Å². The third kappa shape index (κ3) is 3.36. The molecular formula is C17H22FN3O. The van der Waals surface area contributed by atoms with Crippen molar-refractivity contribution in [1.29, 1.82) is 0 Å². The average molecular weight is 303 g/mol. The summed E-state index contributed by atoms with van der Waals surface area (Å²) in [5.41, 5.74) is 3.11. The normalized spacial score (nSPS) is 17.5. The quantitative estimate of drug-likeness (QED) is 0.892. The Hall–Kier alpha value is -1.72. The fraction of sp³-hybridized carbons (Fsp3) is 0.471. The van der Waals surface area contributed by atoms with Crippen LogP contribution in [-0.2, 0) is 24.2 Å². The van der Waals surface area contributed by atoms with Crippen LogP contribution in [0.1, 0.15) is 35.7 Å². The number of fused-ring (bicyclic) bond motifs is 1. The summed E-state index contributed by atoms with van der Waals surface area (Å²) in [6, 6.07) is 7.11. The molecule has 0 spiro atoms. The van der Waals surface area contributed by atoms with E-state index in [2.05, 4.69) is 16.6 Å². The molecule has 22 heavy (non-hydrogen) atoms. The number of aromatic nitrogens is 2. The summed E-state index contributed by atoms with van der Waals surface area (Å²) in [5, 5.41) is 8.14. The van der Waals surface area contributed by atoms with Gasteiger partial charge in [0, 0.05) is 25.4 Å². The molecule has 0 aliphatic heterocycles. The van der Waals surface area contributed by atoms with Gasteiger partial charge >= 0.3 is 0 Å². The lowest BCUT2D eigenvalue weighted by atomic mass is 9.93. The molecule has 1 unspecified atom stereocenters. The third-order valence-electron chi connectivity index (χ3n) is 4.16. The molecule has 118 valence electrons. The van der Waals surface area contributed by atoms with Gasteiger partial charge in [0.25, 0.3) is 0 Å². The maximum absolute atomic E-state index is 13.7. The van der Waals surface area contributed by atoms with Crippen molar-refractivity contribution >= 4 is 0 Å². The second kappa shape index (κ2) is 7.03. The number of benzene rings is 1. The molecule has 0 saturated heterocycles. The number of hydrogen-bond donors (Lipinski definition) is 1. The van der Waals surface area contributed by atoms with Crippen LogP contribution in [0.2, 0.25) is 0 Å². The SMILES string of the molecule is COCCn1cc2c(n1)C(NCc1ccccc1F)CCC2. The summed E-state index contributed by atoms with van der Waals surface area (Å²) in [5.74, 6) is -0.156. The fourth-order valence-corrected chi connectivity index (χ4v) is 2.97. The number of rotatable bonds is 6. The van der Waals surface area contributed by atoms with E-state index in [1.54, 1.807) is 13.2 Å². The molecule has 5 heteroatoms. The summed E-state index contributed by atoms with van der Waals surface area (Å²) < 4.78 is 20.8. The Balaban J connectivity index is 1.69. The van der Waals surface area contributed by atoms with Crippen molar-refractivity contribution in [3.05, 3.63) is 53.1 Å². The lowest BCUT2D eigenvalue weighted by molar-refractivity contribution is 0.183. The van der Waals surface area contributed by atoms with E-state index >= 15 is 0 Å². The van der Waals surface area contributed by atoms with Crippen molar-refractivity contribution in [3.63, 3.8) is 0 Å². The van der Waals surface area contributed by atoms with Gasteiger partial charge in [-0.25, -0.2) is 4.39 Å².